The largest absolute Gasteiger partial charge is 0.319 e. The van der Waals surface area contributed by atoms with Gasteiger partial charge in [0.25, 0.3) is 0 Å². The van der Waals surface area contributed by atoms with Crippen LogP contribution >= 0.6 is 38.9 Å². The summed E-state index contributed by atoms with van der Waals surface area (Å²) in [6, 6.07) is 5.81. The van der Waals surface area contributed by atoms with Crippen molar-refractivity contribution in [1.29, 1.82) is 0 Å². The number of benzene rings is 1. The summed E-state index contributed by atoms with van der Waals surface area (Å²) in [5.74, 6) is 0. The van der Waals surface area contributed by atoms with Gasteiger partial charge in [-0.3, -0.25) is 0 Å². The minimum absolute atomic E-state index is 0.684. The van der Waals surface area contributed by atoms with E-state index >= 15 is 0 Å². The summed E-state index contributed by atoms with van der Waals surface area (Å²) in [5, 5.41) is 14.0. The molecule has 3 nitrogen and oxygen atoms in total. The third-order valence-electron chi connectivity index (χ3n) is 2.24. The average molecular weight is 333 g/mol. The van der Waals surface area contributed by atoms with Crippen LogP contribution in [0.5, 0.6) is 0 Å². The lowest BCUT2D eigenvalue weighted by atomic mass is 10.2. The van der Waals surface area contributed by atoms with E-state index in [4.69, 9.17) is 11.6 Å². The first kappa shape index (κ1) is 13.0. The average Bonchev–Trinajstić information content (AvgIpc) is 2.78. The highest BCUT2D eigenvalue weighted by Gasteiger charge is 2.11. The van der Waals surface area contributed by atoms with Crippen molar-refractivity contribution in [2.45, 2.75) is 6.42 Å². The number of halogens is 2. The molecule has 0 fully saturated rings. The first-order valence-corrected chi connectivity index (χ1v) is 7.12. The van der Waals surface area contributed by atoms with E-state index < -0.39 is 0 Å². The molecule has 17 heavy (non-hydrogen) atoms. The smallest absolute Gasteiger partial charge is 0.149 e. The zero-order valence-corrected chi connectivity index (χ0v) is 12.4. The Morgan fingerprint density at radius 3 is 3.00 bits per heavy atom. The molecule has 0 radical (unpaired) electrons. The molecule has 90 valence electrons. The molecule has 0 aliphatic rings. The summed E-state index contributed by atoms with van der Waals surface area (Å²) in [6.07, 6.45) is 0.889. The Kier molecular flexibility index (Phi) is 4.50. The molecule has 1 aromatic heterocycles. The fraction of sp³-hybridized carbons (Fsp3) is 0.273. The van der Waals surface area contributed by atoms with Crippen LogP contribution in [0.15, 0.2) is 22.7 Å². The Hall–Kier alpha value is -0.490. The lowest BCUT2D eigenvalue weighted by Crippen LogP contribution is -2.09. The molecule has 0 saturated heterocycles. The number of hydrogen-bond donors (Lipinski definition) is 1. The van der Waals surface area contributed by atoms with Crippen LogP contribution in [0.25, 0.3) is 10.6 Å². The molecule has 1 N–H and O–H groups in total. The van der Waals surface area contributed by atoms with Crippen LogP contribution in [0, 0.1) is 0 Å². The fourth-order valence-electron chi connectivity index (χ4n) is 1.36. The second-order valence-electron chi connectivity index (χ2n) is 3.46. The number of nitrogens with zero attached hydrogens (tertiary/aromatic N) is 2. The van der Waals surface area contributed by atoms with Crippen LogP contribution in [0.4, 0.5) is 0 Å². The first-order chi connectivity index (χ1) is 8.22. The van der Waals surface area contributed by atoms with E-state index in [0.717, 1.165) is 33.0 Å². The van der Waals surface area contributed by atoms with E-state index in [2.05, 4.69) is 31.4 Å². The summed E-state index contributed by atoms with van der Waals surface area (Å²) < 4.78 is 0.878. The van der Waals surface area contributed by atoms with Crippen LogP contribution < -0.4 is 5.32 Å². The van der Waals surface area contributed by atoms with Crippen LogP contribution in [0.3, 0.4) is 0 Å². The number of rotatable bonds is 4. The third kappa shape index (κ3) is 3.04. The predicted octanol–water partition coefficient (Wildman–Crippen LogP) is 3.38. The molecular weight excluding hydrogens is 322 g/mol. The van der Waals surface area contributed by atoms with Crippen LogP contribution in [0.1, 0.15) is 5.01 Å². The molecule has 0 bridgehead atoms. The highest BCUT2D eigenvalue weighted by Crippen LogP contribution is 2.34. The highest BCUT2D eigenvalue weighted by atomic mass is 79.9. The number of nitrogens with one attached hydrogen (secondary N) is 1. The van der Waals surface area contributed by atoms with E-state index in [0.29, 0.717) is 5.02 Å². The number of hydrogen-bond acceptors (Lipinski definition) is 4. The van der Waals surface area contributed by atoms with Gasteiger partial charge in [-0.05, 0) is 29.0 Å². The summed E-state index contributed by atoms with van der Waals surface area (Å²) in [6.45, 7) is 0.904. The van der Waals surface area contributed by atoms with Crippen LogP contribution in [0.2, 0.25) is 5.02 Å². The molecule has 0 aliphatic carbocycles. The summed E-state index contributed by atoms with van der Waals surface area (Å²) >= 11 is 11.2. The maximum atomic E-state index is 6.22. The maximum Gasteiger partial charge on any atom is 0.149 e. The molecule has 0 amide bonds. The van der Waals surface area contributed by atoms with Gasteiger partial charge in [0.05, 0.1) is 5.02 Å². The molecule has 0 atom stereocenters. The van der Waals surface area contributed by atoms with Crippen molar-refractivity contribution in [2.24, 2.45) is 0 Å². The topological polar surface area (TPSA) is 37.8 Å². The van der Waals surface area contributed by atoms with Gasteiger partial charge in [-0.25, -0.2) is 0 Å². The van der Waals surface area contributed by atoms with Gasteiger partial charge in [0, 0.05) is 23.0 Å². The van der Waals surface area contributed by atoms with Gasteiger partial charge in [0.15, 0.2) is 0 Å². The Balaban J connectivity index is 2.27. The van der Waals surface area contributed by atoms with Crippen molar-refractivity contribution in [3.05, 3.63) is 32.7 Å². The van der Waals surface area contributed by atoms with Gasteiger partial charge < -0.3 is 5.32 Å². The molecular formula is C11H11BrClN3S. The van der Waals surface area contributed by atoms with E-state index in [-0.39, 0.29) is 0 Å². The van der Waals surface area contributed by atoms with E-state index in [9.17, 15) is 0 Å². The Bertz CT molecular complexity index is 515. The normalized spacial score (nSPS) is 10.8. The van der Waals surface area contributed by atoms with Gasteiger partial charge >= 0.3 is 0 Å². The molecule has 1 heterocycles. The molecule has 0 saturated carbocycles. The number of likely N-dealkylation sites (N-methyl/N-ethyl adjacent to an activating group) is 1. The molecule has 0 aliphatic heterocycles. The van der Waals surface area contributed by atoms with Gasteiger partial charge in [0.2, 0.25) is 0 Å². The Morgan fingerprint density at radius 2 is 2.24 bits per heavy atom. The summed E-state index contributed by atoms with van der Waals surface area (Å²) in [7, 11) is 1.92. The monoisotopic (exact) mass is 331 g/mol. The Labute approximate surface area is 117 Å². The van der Waals surface area contributed by atoms with E-state index in [1.807, 2.05) is 25.2 Å². The second-order valence-corrected chi connectivity index (χ2v) is 5.75. The molecule has 2 rings (SSSR count). The van der Waals surface area contributed by atoms with E-state index in [1.54, 1.807) is 11.3 Å². The minimum atomic E-state index is 0.684. The van der Waals surface area contributed by atoms with Crippen molar-refractivity contribution in [2.75, 3.05) is 13.6 Å². The van der Waals surface area contributed by atoms with Crippen molar-refractivity contribution < 1.29 is 0 Å². The predicted molar refractivity (Wildman–Crippen MR) is 75.7 cm³/mol. The van der Waals surface area contributed by atoms with Crippen LogP contribution in [-0.4, -0.2) is 23.8 Å². The van der Waals surface area contributed by atoms with Gasteiger partial charge in [-0.2, -0.15) is 0 Å². The quantitative estimate of drug-likeness (QED) is 0.932. The van der Waals surface area contributed by atoms with Gasteiger partial charge in [0.1, 0.15) is 10.0 Å². The van der Waals surface area contributed by atoms with E-state index in [1.165, 1.54) is 0 Å². The minimum Gasteiger partial charge on any atom is -0.319 e. The van der Waals surface area contributed by atoms with Gasteiger partial charge in [-0.15, -0.1) is 10.2 Å². The molecule has 0 unspecified atom stereocenters. The van der Waals surface area contributed by atoms with Crippen molar-refractivity contribution in [3.8, 4) is 10.6 Å². The Morgan fingerprint density at radius 1 is 1.41 bits per heavy atom. The lowest BCUT2D eigenvalue weighted by molar-refractivity contribution is 0.779. The third-order valence-corrected chi connectivity index (χ3v) is 4.55. The zero-order valence-electron chi connectivity index (χ0n) is 9.20. The number of aromatic nitrogens is 2. The maximum absolute atomic E-state index is 6.22. The van der Waals surface area contributed by atoms with Gasteiger partial charge in [-0.1, -0.05) is 35.1 Å². The fourth-order valence-corrected chi connectivity index (χ4v) is 2.87. The molecule has 0 spiro atoms. The second kappa shape index (κ2) is 5.91. The van der Waals surface area contributed by atoms with Crippen molar-refractivity contribution >= 4 is 38.9 Å². The summed E-state index contributed by atoms with van der Waals surface area (Å²) in [4.78, 5) is 0. The SMILES string of the molecule is CNCCc1nnc(-c2cccc(Br)c2Cl)s1. The van der Waals surface area contributed by atoms with Crippen molar-refractivity contribution in [3.63, 3.8) is 0 Å². The highest BCUT2D eigenvalue weighted by molar-refractivity contribution is 9.10. The zero-order chi connectivity index (χ0) is 12.3. The molecule has 6 heteroatoms. The standard InChI is InChI=1S/C11H11BrClN3S/c1-14-6-5-9-15-16-11(17-9)7-3-2-4-8(12)10(7)13/h2-4,14H,5-6H2,1H3. The molecule has 1 aromatic carbocycles. The van der Waals surface area contributed by atoms with Crippen LogP contribution in [-0.2, 0) is 6.42 Å². The summed E-state index contributed by atoms with van der Waals surface area (Å²) in [5.41, 5.74) is 0.925. The molecule has 2 aromatic rings. The van der Waals surface area contributed by atoms with Crippen molar-refractivity contribution in [1.82, 2.24) is 15.5 Å². The first-order valence-electron chi connectivity index (χ1n) is 5.13. The lowest BCUT2D eigenvalue weighted by Gasteiger charge is -2.00.